The van der Waals surface area contributed by atoms with Crippen molar-refractivity contribution in [3.8, 4) is 0 Å². The largest absolute Gasteiger partial charge is 0.351 e. The second kappa shape index (κ2) is 6.75. The molecule has 1 aliphatic heterocycles. The molecule has 0 bridgehead atoms. The fourth-order valence-corrected chi connectivity index (χ4v) is 2.66. The number of aromatic nitrogens is 1. The number of nitrogens with zero attached hydrogens (tertiary/aromatic N) is 2. The summed E-state index contributed by atoms with van der Waals surface area (Å²) in [5.74, 6) is -0.0796. The minimum absolute atomic E-state index is 0.0796. The fourth-order valence-electron chi connectivity index (χ4n) is 2.45. The molecule has 2 rings (SSSR count). The van der Waals surface area contributed by atoms with Gasteiger partial charge in [0.05, 0.1) is 0 Å². The van der Waals surface area contributed by atoms with Crippen molar-refractivity contribution < 1.29 is 4.79 Å². The van der Waals surface area contributed by atoms with Gasteiger partial charge in [0.25, 0.3) is 5.91 Å². The fraction of sp³-hybridized carbons (Fsp3) is 0.625. The van der Waals surface area contributed by atoms with Crippen LogP contribution in [0, 0.1) is 0 Å². The molecule has 5 heteroatoms. The lowest BCUT2D eigenvalue weighted by molar-refractivity contribution is 0.0949. The predicted octanol–water partition coefficient (Wildman–Crippen LogP) is 2.86. The van der Waals surface area contributed by atoms with Crippen molar-refractivity contribution in [3.05, 3.63) is 28.5 Å². The van der Waals surface area contributed by atoms with Crippen LogP contribution in [0.4, 0.5) is 0 Å². The third-order valence-corrected chi connectivity index (χ3v) is 3.93. The number of likely N-dealkylation sites (tertiary alicyclic amines) is 1. The maximum atomic E-state index is 12.2. The molecular formula is C16H24ClN3O. The molecule has 0 radical (unpaired) electrons. The van der Waals surface area contributed by atoms with Crippen LogP contribution in [0.25, 0.3) is 0 Å². The molecule has 1 fully saturated rings. The summed E-state index contributed by atoms with van der Waals surface area (Å²) in [6, 6.07) is 3.46. The van der Waals surface area contributed by atoms with Crippen molar-refractivity contribution in [2.45, 2.75) is 39.0 Å². The maximum Gasteiger partial charge on any atom is 0.251 e. The number of carbonyl (C=O) groups excluding carboxylic acids is 1. The molecule has 0 saturated carbocycles. The van der Waals surface area contributed by atoms with Crippen molar-refractivity contribution in [1.29, 1.82) is 0 Å². The summed E-state index contributed by atoms with van der Waals surface area (Å²) in [5.41, 5.74) is 1.29. The normalized spacial score (nSPS) is 16.2. The minimum atomic E-state index is -0.129. The smallest absolute Gasteiger partial charge is 0.251 e. The van der Waals surface area contributed by atoms with Gasteiger partial charge in [0, 0.05) is 29.8 Å². The Bertz CT molecular complexity index is 505. The molecule has 0 spiro atoms. The van der Waals surface area contributed by atoms with Gasteiger partial charge in [0.2, 0.25) is 0 Å². The molecule has 1 aromatic rings. The maximum absolute atomic E-state index is 12.2. The van der Waals surface area contributed by atoms with Crippen molar-refractivity contribution >= 4 is 17.5 Å². The molecule has 0 atom stereocenters. The summed E-state index contributed by atoms with van der Waals surface area (Å²) in [5, 5.41) is 3.33. The van der Waals surface area contributed by atoms with Gasteiger partial charge in [-0.2, -0.15) is 0 Å². The van der Waals surface area contributed by atoms with Crippen LogP contribution in [0.5, 0.6) is 0 Å². The van der Waals surface area contributed by atoms with Crippen LogP contribution in [-0.4, -0.2) is 42.0 Å². The molecule has 2 heterocycles. The van der Waals surface area contributed by atoms with Gasteiger partial charge in [0.1, 0.15) is 5.15 Å². The van der Waals surface area contributed by atoms with Gasteiger partial charge in [0.15, 0.2) is 0 Å². The van der Waals surface area contributed by atoms with Crippen LogP contribution in [-0.2, 0) is 5.41 Å². The number of hydrogen-bond donors (Lipinski definition) is 1. The summed E-state index contributed by atoms with van der Waals surface area (Å²) in [6.45, 7) is 10.0. The van der Waals surface area contributed by atoms with E-state index in [1.807, 2.05) is 6.07 Å². The Morgan fingerprint density at radius 1 is 1.33 bits per heavy atom. The van der Waals surface area contributed by atoms with E-state index in [0.717, 1.165) is 25.3 Å². The molecule has 1 N–H and O–H groups in total. The van der Waals surface area contributed by atoms with Crippen LogP contribution < -0.4 is 5.32 Å². The van der Waals surface area contributed by atoms with Gasteiger partial charge in [-0.05, 0) is 38.1 Å². The zero-order chi connectivity index (χ0) is 15.5. The Morgan fingerprint density at radius 3 is 2.62 bits per heavy atom. The van der Waals surface area contributed by atoms with Gasteiger partial charge >= 0.3 is 0 Å². The third-order valence-electron chi connectivity index (χ3n) is 3.74. The van der Waals surface area contributed by atoms with E-state index >= 15 is 0 Å². The lowest BCUT2D eigenvalue weighted by Crippen LogP contribution is -2.33. The van der Waals surface area contributed by atoms with E-state index in [1.165, 1.54) is 12.8 Å². The van der Waals surface area contributed by atoms with E-state index < -0.39 is 0 Å². The minimum Gasteiger partial charge on any atom is -0.351 e. The molecular weight excluding hydrogens is 286 g/mol. The molecule has 0 aliphatic carbocycles. The van der Waals surface area contributed by atoms with E-state index in [2.05, 4.69) is 36.0 Å². The number of pyridine rings is 1. The quantitative estimate of drug-likeness (QED) is 0.870. The van der Waals surface area contributed by atoms with Gasteiger partial charge in [-0.25, -0.2) is 4.98 Å². The first kappa shape index (κ1) is 16.2. The van der Waals surface area contributed by atoms with Gasteiger partial charge in [-0.1, -0.05) is 32.4 Å². The first-order chi connectivity index (χ1) is 9.86. The Kier molecular flexibility index (Phi) is 5.22. The first-order valence-electron chi connectivity index (χ1n) is 7.55. The highest BCUT2D eigenvalue weighted by atomic mass is 35.5. The topological polar surface area (TPSA) is 45.2 Å². The molecule has 0 unspecified atom stereocenters. The molecule has 1 amide bonds. The van der Waals surface area contributed by atoms with Gasteiger partial charge in [-0.15, -0.1) is 0 Å². The van der Waals surface area contributed by atoms with E-state index in [9.17, 15) is 4.79 Å². The molecule has 116 valence electrons. The standard InChI is InChI=1S/C16H24ClN3O/c1-16(2,3)13-10-12(11-14(17)19-13)15(21)18-6-9-20-7-4-5-8-20/h10-11H,4-9H2,1-3H3,(H,18,21). The Hall–Kier alpha value is -1.13. The second-order valence-corrected chi connectivity index (χ2v) is 7.01. The number of halogens is 1. The SMILES string of the molecule is CC(C)(C)c1cc(C(=O)NCCN2CCCC2)cc(Cl)n1. The summed E-state index contributed by atoms with van der Waals surface area (Å²) in [7, 11) is 0. The van der Waals surface area contributed by atoms with Crippen LogP contribution in [0.3, 0.4) is 0 Å². The zero-order valence-corrected chi connectivity index (χ0v) is 13.8. The lowest BCUT2D eigenvalue weighted by atomic mass is 9.91. The van der Waals surface area contributed by atoms with Crippen LogP contribution >= 0.6 is 11.6 Å². The molecule has 1 saturated heterocycles. The lowest BCUT2D eigenvalue weighted by Gasteiger charge is -2.19. The second-order valence-electron chi connectivity index (χ2n) is 6.62. The van der Waals surface area contributed by atoms with Gasteiger partial charge in [-0.3, -0.25) is 4.79 Å². The molecule has 1 aromatic heterocycles. The Labute approximate surface area is 131 Å². The highest BCUT2D eigenvalue weighted by Gasteiger charge is 2.19. The first-order valence-corrected chi connectivity index (χ1v) is 7.93. The van der Waals surface area contributed by atoms with Crippen LogP contribution in [0.2, 0.25) is 5.15 Å². The molecule has 1 aliphatic rings. The number of nitrogens with one attached hydrogen (secondary N) is 1. The highest BCUT2D eigenvalue weighted by molar-refractivity contribution is 6.29. The Morgan fingerprint density at radius 2 is 2.00 bits per heavy atom. The highest BCUT2D eigenvalue weighted by Crippen LogP contribution is 2.23. The van der Waals surface area contributed by atoms with Crippen molar-refractivity contribution in [2.24, 2.45) is 0 Å². The zero-order valence-electron chi connectivity index (χ0n) is 13.1. The summed E-state index contributed by atoms with van der Waals surface area (Å²) in [4.78, 5) is 18.9. The summed E-state index contributed by atoms with van der Waals surface area (Å²) >= 11 is 6.04. The molecule has 0 aromatic carbocycles. The Balaban J connectivity index is 1.96. The van der Waals surface area contributed by atoms with E-state index in [1.54, 1.807) is 6.07 Å². The summed E-state index contributed by atoms with van der Waals surface area (Å²) < 4.78 is 0. The van der Waals surface area contributed by atoms with Crippen LogP contribution in [0.15, 0.2) is 12.1 Å². The molecule has 21 heavy (non-hydrogen) atoms. The van der Waals surface area contributed by atoms with Crippen molar-refractivity contribution in [1.82, 2.24) is 15.2 Å². The number of hydrogen-bond acceptors (Lipinski definition) is 3. The van der Waals surface area contributed by atoms with Gasteiger partial charge < -0.3 is 10.2 Å². The van der Waals surface area contributed by atoms with E-state index in [0.29, 0.717) is 17.3 Å². The summed E-state index contributed by atoms with van der Waals surface area (Å²) in [6.07, 6.45) is 2.53. The number of amides is 1. The average molecular weight is 310 g/mol. The predicted molar refractivity (Wildman–Crippen MR) is 86.0 cm³/mol. The average Bonchev–Trinajstić information content (AvgIpc) is 2.90. The number of carbonyl (C=O) groups is 1. The number of rotatable bonds is 4. The van der Waals surface area contributed by atoms with E-state index in [4.69, 9.17) is 11.6 Å². The van der Waals surface area contributed by atoms with E-state index in [-0.39, 0.29) is 11.3 Å². The van der Waals surface area contributed by atoms with Crippen molar-refractivity contribution in [2.75, 3.05) is 26.2 Å². The third kappa shape index (κ3) is 4.68. The van der Waals surface area contributed by atoms with Crippen molar-refractivity contribution in [3.63, 3.8) is 0 Å². The molecule has 4 nitrogen and oxygen atoms in total. The van der Waals surface area contributed by atoms with Crippen LogP contribution in [0.1, 0.15) is 49.7 Å². The monoisotopic (exact) mass is 309 g/mol.